The van der Waals surface area contributed by atoms with Gasteiger partial charge >= 0.3 is 0 Å². The largest absolute Gasteiger partial charge is 0.497 e. The summed E-state index contributed by atoms with van der Waals surface area (Å²) < 4.78 is 12.6. The van der Waals surface area contributed by atoms with Crippen molar-refractivity contribution in [1.82, 2.24) is 4.98 Å². The van der Waals surface area contributed by atoms with E-state index in [-0.39, 0.29) is 0 Å². The SMILES string of the molecule is COc1cc(OCc2ccccc2)c2nc(Cl)sc2c1. The normalized spacial score (nSPS) is 10.7. The van der Waals surface area contributed by atoms with E-state index in [1.54, 1.807) is 7.11 Å². The predicted octanol–water partition coefficient (Wildman–Crippen LogP) is 4.54. The molecule has 3 rings (SSSR count). The molecule has 0 N–H and O–H groups in total. The Morgan fingerprint density at radius 2 is 2.00 bits per heavy atom. The number of rotatable bonds is 4. The standard InChI is InChI=1S/C15H12ClNO2S/c1-18-11-7-12(14-13(8-11)20-15(16)17-14)19-9-10-5-3-2-4-6-10/h2-8H,9H2,1H3. The molecule has 0 bridgehead atoms. The van der Waals surface area contributed by atoms with E-state index in [1.165, 1.54) is 11.3 Å². The average Bonchev–Trinajstić information content (AvgIpc) is 2.86. The molecule has 0 spiro atoms. The first-order valence-electron chi connectivity index (χ1n) is 6.07. The van der Waals surface area contributed by atoms with Crippen molar-refractivity contribution in [2.45, 2.75) is 6.61 Å². The Hall–Kier alpha value is -1.78. The van der Waals surface area contributed by atoms with Gasteiger partial charge in [0, 0.05) is 6.07 Å². The number of ether oxygens (including phenoxy) is 2. The number of hydrogen-bond donors (Lipinski definition) is 0. The molecule has 0 radical (unpaired) electrons. The maximum atomic E-state index is 5.98. The van der Waals surface area contributed by atoms with Gasteiger partial charge in [-0.1, -0.05) is 41.9 Å². The van der Waals surface area contributed by atoms with E-state index >= 15 is 0 Å². The van der Waals surface area contributed by atoms with Crippen LogP contribution in [0.2, 0.25) is 4.47 Å². The number of methoxy groups -OCH3 is 1. The van der Waals surface area contributed by atoms with E-state index in [9.17, 15) is 0 Å². The molecule has 5 heteroatoms. The van der Waals surface area contributed by atoms with Crippen molar-refractivity contribution < 1.29 is 9.47 Å². The summed E-state index contributed by atoms with van der Waals surface area (Å²) in [6.07, 6.45) is 0. The van der Waals surface area contributed by atoms with Crippen LogP contribution >= 0.6 is 22.9 Å². The van der Waals surface area contributed by atoms with Crippen molar-refractivity contribution in [3.63, 3.8) is 0 Å². The second-order valence-corrected chi connectivity index (χ2v) is 5.83. The second-order valence-electron chi connectivity index (χ2n) is 4.21. The Morgan fingerprint density at radius 1 is 1.20 bits per heavy atom. The third-order valence-corrected chi connectivity index (χ3v) is 3.99. The molecule has 102 valence electrons. The minimum atomic E-state index is 0.484. The highest BCUT2D eigenvalue weighted by molar-refractivity contribution is 7.22. The number of thiazole rings is 1. The highest BCUT2D eigenvalue weighted by atomic mass is 35.5. The smallest absolute Gasteiger partial charge is 0.184 e. The van der Waals surface area contributed by atoms with Crippen molar-refractivity contribution in [3.05, 3.63) is 52.5 Å². The van der Waals surface area contributed by atoms with Gasteiger partial charge in [0.2, 0.25) is 0 Å². The fourth-order valence-corrected chi connectivity index (χ4v) is 2.98. The van der Waals surface area contributed by atoms with Gasteiger partial charge in [0.05, 0.1) is 11.8 Å². The number of aromatic nitrogens is 1. The van der Waals surface area contributed by atoms with Crippen LogP contribution in [0.25, 0.3) is 10.2 Å². The summed E-state index contributed by atoms with van der Waals surface area (Å²) >= 11 is 7.39. The maximum absolute atomic E-state index is 5.98. The highest BCUT2D eigenvalue weighted by Crippen LogP contribution is 2.36. The van der Waals surface area contributed by atoms with Crippen LogP contribution < -0.4 is 9.47 Å². The maximum Gasteiger partial charge on any atom is 0.184 e. The van der Waals surface area contributed by atoms with Crippen LogP contribution in [0.5, 0.6) is 11.5 Å². The summed E-state index contributed by atoms with van der Waals surface area (Å²) in [4.78, 5) is 4.30. The fraction of sp³-hybridized carbons (Fsp3) is 0.133. The lowest BCUT2D eigenvalue weighted by Gasteiger charge is -2.08. The molecule has 0 aliphatic rings. The quantitative estimate of drug-likeness (QED) is 0.709. The Labute approximate surface area is 125 Å². The molecule has 3 nitrogen and oxygen atoms in total. The van der Waals surface area contributed by atoms with Crippen molar-refractivity contribution in [1.29, 1.82) is 0 Å². The van der Waals surface area contributed by atoms with Gasteiger partial charge < -0.3 is 9.47 Å². The molecule has 0 aliphatic carbocycles. The first-order valence-corrected chi connectivity index (χ1v) is 7.26. The van der Waals surface area contributed by atoms with E-state index in [2.05, 4.69) is 4.98 Å². The van der Waals surface area contributed by atoms with Crippen molar-refractivity contribution in [2.75, 3.05) is 7.11 Å². The lowest BCUT2D eigenvalue weighted by Crippen LogP contribution is -1.96. The molecule has 0 unspecified atom stereocenters. The third kappa shape index (κ3) is 2.71. The second kappa shape index (κ2) is 5.69. The van der Waals surface area contributed by atoms with Crippen LogP contribution in [-0.4, -0.2) is 12.1 Å². The lowest BCUT2D eigenvalue weighted by atomic mass is 10.2. The monoisotopic (exact) mass is 305 g/mol. The number of fused-ring (bicyclic) bond motifs is 1. The molecule has 0 saturated carbocycles. The highest BCUT2D eigenvalue weighted by Gasteiger charge is 2.11. The number of hydrogen-bond acceptors (Lipinski definition) is 4. The summed E-state index contributed by atoms with van der Waals surface area (Å²) in [5, 5.41) is 0. The third-order valence-electron chi connectivity index (χ3n) is 2.88. The van der Waals surface area contributed by atoms with E-state index in [1.807, 2.05) is 42.5 Å². The molecular weight excluding hydrogens is 294 g/mol. The first-order chi connectivity index (χ1) is 9.76. The van der Waals surface area contributed by atoms with Gasteiger partial charge in [0.15, 0.2) is 10.2 Å². The predicted molar refractivity (Wildman–Crippen MR) is 82.0 cm³/mol. The van der Waals surface area contributed by atoms with Gasteiger partial charge in [-0.3, -0.25) is 0 Å². The Morgan fingerprint density at radius 3 is 2.75 bits per heavy atom. The average molecular weight is 306 g/mol. The van der Waals surface area contributed by atoms with Crippen molar-refractivity contribution in [2.24, 2.45) is 0 Å². The van der Waals surface area contributed by atoms with Gasteiger partial charge in [-0.2, -0.15) is 0 Å². The van der Waals surface area contributed by atoms with Gasteiger partial charge in [-0.25, -0.2) is 4.98 Å². The zero-order valence-electron chi connectivity index (χ0n) is 10.8. The molecule has 1 aromatic heterocycles. The lowest BCUT2D eigenvalue weighted by molar-refractivity contribution is 0.307. The number of nitrogens with zero attached hydrogens (tertiary/aromatic N) is 1. The van der Waals surface area contributed by atoms with E-state index in [4.69, 9.17) is 21.1 Å². The summed E-state index contributed by atoms with van der Waals surface area (Å²) in [5.41, 5.74) is 1.88. The summed E-state index contributed by atoms with van der Waals surface area (Å²) in [5.74, 6) is 1.42. The Bertz CT molecular complexity index is 727. The van der Waals surface area contributed by atoms with Crippen molar-refractivity contribution in [3.8, 4) is 11.5 Å². The molecule has 0 saturated heterocycles. The van der Waals surface area contributed by atoms with Gasteiger partial charge in [-0.15, -0.1) is 11.3 Å². The molecular formula is C15H12ClNO2S. The van der Waals surface area contributed by atoms with E-state index in [0.717, 1.165) is 21.5 Å². The van der Waals surface area contributed by atoms with Crippen LogP contribution in [0.15, 0.2) is 42.5 Å². The zero-order valence-corrected chi connectivity index (χ0v) is 12.4. The molecule has 1 heterocycles. The summed E-state index contributed by atoms with van der Waals surface area (Å²) in [6.45, 7) is 0.484. The van der Waals surface area contributed by atoms with Gasteiger partial charge in [0.1, 0.15) is 17.9 Å². The fourth-order valence-electron chi connectivity index (χ4n) is 1.91. The summed E-state index contributed by atoms with van der Waals surface area (Å²) in [7, 11) is 1.63. The van der Waals surface area contributed by atoms with Crippen molar-refractivity contribution >= 4 is 33.2 Å². The minimum Gasteiger partial charge on any atom is -0.497 e. The molecule has 2 aromatic carbocycles. The van der Waals surface area contributed by atoms with E-state index in [0.29, 0.717) is 16.8 Å². The number of halogens is 1. The molecule has 0 atom stereocenters. The molecule has 3 aromatic rings. The Kier molecular flexibility index (Phi) is 3.76. The van der Waals surface area contributed by atoms with Crippen LogP contribution in [-0.2, 0) is 6.61 Å². The zero-order chi connectivity index (χ0) is 13.9. The molecule has 0 fully saturated rings. The van der Waals surface area contributed by atoms with Crippen LogP contribution in [0.4, 0.5) is 0 Å². The molecule has 0 aliphatic heterocycles. The van der Waals surface area contributed by atoms with Gasteiger partial charge in [-0.05, 0) is 11.6 Å². The minimum absolute atomic E-state index is 0.484. The van der Waals surface area contributed by atoms with E-state index < -0.39 is 0 Å². The number of benzene rings is 2. The molecule has 0 amide bonds. The van der Waals surface area contributed by atoms with Gasteiger partial charge in [0.25, 0.3) is 0 Å². The summed E-state index contributed by atoms with van der Waals surface area (Å²) in [6, 6.07) is 13.7. The molecule has 20 heavy (non-hydrogen) atoms. The Balaban J connectivity index is 1.93. The van der Waals surface area contributed by atoms with Crippen LogP contribution in [0.1, 0.15) is 5.56 Å². The van der Waals surface area contributed by atoms with Crippen LogP contribution in [0, 0.1) is 0 Å². The first kappa shape index (κ1) is 13.2. The van der Waals surface area contributed by atoms with Crippen LogP contribution in [0.3, 0.4) is 0 Å². The topological polar surface area (TPSA) is 31.4 Å².